The summed E-state index contributed by atoms with van der Waals surface area (Å²) < 4.78 is 0. The van der Waals surface area contributed by atoms with Crippen molar-refractivity contribution >= 4 is 0 Å². The van der Waals surface area contributed by atoms with Gasteiger partial charge in [0.05, 0.1) is 0 Å². The van der Waals surface area contributed by atoms with E-state index in [0.717, 1.165) is 32.1 Å². The van der Waals surface area contributed by atoms with Gasteiger partial charge in [-0.3, -0.25) is 0 Å². The Morgan fingerprint density at radius 1 is 1.25 bits per heavy atom. The van der Waals surface area contributed by atoms with Crippen molar-refractivity contribution in [2.24, 2.45) is 16.7 Å². The first-order valence-electron chi connectivity index (χ1n) is 6.46. The molecule has 1 heterocycles. The average Bonchev–Trinajstić information content (AvgIpc) is 2.44. The third-order valence-corrected chi connectivity index (χ3v) is 5.34. The van der Waals surface area contributed by atoms with Crippen LogP contribution in [0, 0.1) is 16.7 Å². The summed E-state index contributed by atoms with van der Waals surface area (Å²) in [5.74, 6) is 0.831. The van der Waals surface area contributed by atoms with Crippen LogP contribution >= 0.6 is 0 Å². The molecule has 1 saturated heterocycles. The summed E-state index contributed by atoms with van der Waals surface area (Å²) in [4.78, 5) is 0. The van der Waals surface area contributed by atoms with Gasteiger partial charge in [-0.2, -0.15) is 0 Å². The number of hydrogen-bond acceptors (Lipinski definition) is 2. The highest BCUT2D eigenvalue weighted by Crippen LogP contribution is 2.67. The lowest BCUT2D eigenvalue weighted by Crippen LogP contribution is -2.36. The Bertz CT molecular complexity index is 293. The minimum atomic E-state index is 0.513. The predicted octanol–water partition coefficient (Wildman–Crippen LogP) is 2.18. The molecule has 2 aliphatic rings. The molecule has 0 bridgehead atoms. The molecule has 2 heteroatoms. The van der Waals surface area contributed by atoms with Gasteiger partial charge >= 0.3 is 0 Å². The van der Waals surface area contributed by atoms with E-state index in [4.69, 9.17) is 0 Å². The summed E-state index contributed by atoms with van der Waals surface area (Å²) in [5.41, 5.74) is 4.16. The normalized spacial score (nSPS) is 26.4. The van der Waals surface area contributed by atoms with E-state index < -0.39 is 0 Å². The van der Waals surface area contributed by atoms with E-state index in [1.54, 1.807) is 5.57 Å². The zero-order chi connectivity index (χ0) is 12.0. The maximum atomic E-state index is 3.62. The minimum absolute atomic E-state index is 0.513. The van der Waals surface area contributed by atoms with Crippen LogP contribution in [0.3, 0.4) is 0 Å². The molecule has 92 valence electrons. The van der Waals surface area contributed by atoms with Gasteiger partial charge in [-0.25, -0.2) is 0 Å². The van der Waals surface area contributed by atoms with Crippen LogP contribution in [0.2, 0.25) is 0 Å². The Hall–Kier alpha value is -0.340. The molecular weight excluding hydrogens is 196 g/mol. The average molecular weight is 222 g/mol. The van der Waals surface area contributed by atoms with Gasteiger partial charge in [0.25, 0.3) is 0 Å². The van der Waals surface area contributed by atoms with Crippen LogP contribution < -0.4 is 10.6 Å². The number of nitrogens with one attached hydrogen (secondary N) is 2. The lowest BCUT2D eigenvalue weighted by atomic mass is 10.0. The van der Waals surface area contributed by atoms with Crippen molar-refractivity contribution in [2.75, 3.05) is 26.2 Å². The van der Waals surface area contributed by atoms with Crippen molar-refractivity contribution in [1.29, 1.82) is 0 Å². The lowest BCUT2D eigenvalue weighted by molar-refractivity contribution is 0.457. The molecule has 0 atom stereocenters. The second-order valence-electron chi connectivity index (χ2n) is 6.61. The van der Waals surface area contributed by atoms with E-state index in [9.17, 15) is 0 Å². The van der Waals surface area contributed by atoms with Crippen molar-refractivity contribution in [3.8, 4) is 0 Å². The molecule has 2 rings (SSSR count). The molecule has 1 saturated carbocycles. The Balaban J connectivity index is 1.74. The summed E-state index contributed by atoms with van der Waals surface area (Å²) in [6.45, 7) is 16.3. The maximum Gasteiger partial charge on any atom is 0.0183 e. The van der Waals surface area contributed by atoms with Crippen LogP contribution in [0.4, 0.5) is 0 Å². The predicted molar refractivity (Wildman–Crippen MR) is 69.5 cm³/mol. The summed E-state index contributed by atoms with van der Waals surface area (Å²) >= 11 is 0. The Labute approximate surface area is 99.9 Å². The van der Waals surface area contributed by atoms with Crippen LogP contribution in [0.25, 0.3) is 0 Å². The van der Waals surface area contributed by atoms with Gasteiger partial charge in [-0.05, 0) is 35.8 Å². The van der Waals surface area contributed by atoms with Gasteiger partial charge in [0.15, 0.2) is 0 Å². The highest BCUT2D eigenvalue weighted by Gasteiger charge is 2.63. The van der Waals surface area contributed by atoms with Crippen LogP contribution in [-0.2, 0) is 0 Å². The van der Waals surface area contributed by atoms with E-state index >= 15 is 0 Å². The second-order valence-corrected chi connectivity index (χ2v) is 6.61. The van der Waals surface area contributed by atoms with Crippen LogP contribution in [-0.4, -0.2) is 26.2 Å². The van der Waals surface area contributed by atoms with Crippen molar-refractivity contribution in [1.82, 2.24) is 10.6 Å². The van der Waals surface area contributed by atoms with Crippen molar-refractivity contribution < 1.29 is 0 Å². The molecule has 1 aliphatic carbocycles. The van der Waals surface area contributed by atoms with Gasteiger partial charge in [0.2, 0.25) is 0 Å². The number of rotatable bonds is 4. The fourth-order valence-electron chi connectivity index (χ4n) is 2.92. The van der Waals surface area contributed by atoms with Gasteiger partial charge in [0, 0.05) is 19.6 Å². The largest absolute Gasteiger partial charge is 0.313 e. The van der Waals surface area contributed by atoms with Crippen LogP contribution in [0.1, 0.15) is 34.6 Å². The molecule has 0 unspecified atom stereocenters. The third kappa shape index (κ3) is 1.82. The summed E-state index contributed by atoms with van der Waals surface area (Å²) in [6, 6.07) is 0. The molecule has 0 amide bonds. The Morgan fingerprint density at radius 2 is 1.81 bits per heavy atom. The fourth-order valence-corrected chi connectivity index (χ4v) is 2.92. The summed E-state index contributed by atoms with van der Waals surface area (Å²) in [5, 5.41) is 6.92. The first kappa shape index (κ1) is 12.1. The molecule has 0 aromatic carbocycles. The van der Waals surface area contributed by atoms with Crippen LogP contribution in [0.5, 0.6) is 0 Å². The molecule has 0 radical (unpaired) electrons. The molecule has 0 spiro atoms. The van der Waals surface area contributed by atoms with E-state index in [2.05, 4.69) is 45.3 Å². The molecule has 0 aromatic heterocycles. The molecule has 1 aliphatic heterocycles. The minimum Gasteiger partial charge on any atom is -0.313 e. The topological polar surface area (TPSA) is 24.1 Å². The third-order valence-electron chi connectivity index (χ3n) is 5.34. The summed E-state index contributed by atoms with van der Waals surface area (Å²) in [6.07, 6.45) is 0. The smallest absolute Gasteiger partial charge is 0.0183 e. The van der Waals surface area contributed by atoms with Gasteiger partial charge in [0.1, 0.15) is 0 Å². The molecule has 16 heavy (non-hydrogen) atoms. The molecule has 2 fully saturated rings. The highest BCUT2D eigenvalue weighted by atomic mass is 14.9. The Morgan fingerprint density at radius 3 is 2.19 bits per heavy atom. The molecule has 0 aromatic rings. The number of hydrogen-bond donors (Lipinski definition) is 2. The standard InChI is InChI=1S/C14H26N2/c1-10(11-7-16-8-11)6-15-9-12-13(2,3)14(12,4)5/h12,15-16H,6-9H2,1-5H3. The van der Waals surface area contributed by atoms with Crippen LogP contribution in [0.15, 0.2) is 11.1 Å². The SMILES string of the molecule is CC(CNCC1C(C)(C)C1(C)C)=C1CNC1. The Kier molecular flexibility index (Phi) is 2.92. The molecule has 2 N–H and O–H groups in total. The van der Waals surface area contributed by atoms with E-state index in [1.807, 2.05) is 0 Å². The van der Waals surface area contributed by atoms with Gasteiger partial charge in [-0.1, -0.05) is 33.3 Å². The highest BCUT2D eigenvalue weighted by molar-refractivity contribution is 5.22. The zero-order valence-corrected chi connectivity index (χ0v) is 11.4. The monoisotopic (exact) mass is 222 g/mol. The lowest BCUT2D eigenvalue weighted by Gasteiger charge is -2.22. The van der Waals surface area contributed by atoms with Gasteiger partial charge < -0.3 is 10.6 Å². The molecule has 2 nitrogen and oxygen atoms in total. The van der Waals surface area contributed by atoms with E-state index in [-0.39, 0.29) is 0 Å². The zero-order valence-electron chi connectivity index (χ0n) is 11.4. The van der Waals surface area contributed by atoms with Crippen molar-refractivity contribution in [2.45, 2.75) is 34.6 Å². The van der Waals surface area contributed by atoms with Crippen molar-refractivity contribution in [3.63, 3.8) is 0 Å². The van der Waals surface area contributed by atoms with E-state index in [1.165, 1.54) is 5.57 Å². The van der Waals surface area contributed by atoms with E-state index in [0.29, 0.717) is 10.8 Å². The molecular formula is C14H26N2. The second kappa shape index (κ2) is 3.85. The quantitative estimate of drug-likeness (QED) is 0.712. The fraction of sp³-hybridized carbons (Fsp3) is 0.857. The van der Waals surface area contributed by atoms with Crippen molar-refractivity contribution in [3.05, 3.63) is 11.1 Å². The first-order chi connectivity index (χ1) is 7.37. The summed E-state index contributed by atoms with van der Waals surface area (Å²) in [7, 11) is 0. The maximum absolute atomic E-state index is 3.62. The van der Waals surface area contributed by atoms with Gasteiger partial charge in [-0.15, -0.1) is 0 Å². The first-order valence-corrected chi connectivity index (χ1v) is 6.46.